The Balaban J connectivity index is 2.14. The molecule has 7 nitrogen and oxygen atoms in total. The van der Waals surface area contributed by atoms with Gasteiger partial charge in [-0.1, -0.05) is 24.3 Å². The number of nitro benzene ring substituents is 1. The van der Waals surface area contributed by atoms with Crippen LogP contribution in [0, 0.1) is 10.1 Å². The number of nitrogens with zero attached hydrogens (tertiary/aromatic N) is 3. The first-order valence-corrected chi connectivity index (χ1v) is 7.11. The first-order valence-electron chi connectivity index (χ1n) is 7.11. The Morgan fingerprint density at radius 1 is 1.26 bits per heavy atom. The van der Waals surface area contributed by atoms with E-state index < -0.39 is 4.92 Å². The van der Waals surface area contributed by atoms with Crippen LogP contribution in [0.3, 0.4) is 0 Å². The van der Waals surface area contributed by atoms with Gasteiger partial charge in [0.1, 0.15) is 0 Å². The van der Waals surface area contributed by atoms with Gasteiger partial charge in [-0.3, -0.25) is 19.9 Å². The number of carbonyl (C=O) groups excluding carboxylic acids is 1. The fraction of sp³-hybridized carbons (Fsp3) is 0.250. The highest BCUT2D eigenvalue weighted by molar-refractivity contribution is 5.80. The molecule has 1 N–H and O–H groups in total. The van der Waals surface area contributed by atoms with Gasteiger partial charge in [-0.05, 0) is 11.6 Å². The standard InChI is InChI=1S/C16H17N3O4/c20-9-8-18(12-13-4-3-7-17-11-13)16(21)10-14-5-1-2-6-15(14)19(22)23/h1-7,11,20H,8-10,12H2. The number of carbonyl (C=O) groups is 1. The first-order chi connectivity index (χ1) is 11.1. The summed E-state index contributed by atoms with van der Waals surface area (Å²) in [5.41, 5.74) is 1.11. The molecule has 23 heavy (non-hydrogen) atoms. The van der Waals surface area contributed by atoms with Crippen molar-refractivity contribution in [3.63, 3.8) is 0 Å². The van der Waals surface area contributed by atoms with Gasteiger partial charge in [-0.15, -0.1) is 0 Å². The zero-order valence-corrected chi connectivity index (χ0v) is 12.5. The molecule has 120 valence electrons. The summed E-state index contributed by atoms with van der Waals surface area (Å²) in [5, 5.41) is 20.2. The maximum atomic E-state index is 12.5. The van der Waals surface area contributed by atoms with Gasteiger partial charge in [-0.2, -0.15) is 0 Å². The van der Waals surface area contributed by atoms with Crippen molar-refractivity contribution in [2.24, 2.45) is 0 Å². The van der Waals surface area contributed by atoms with Crippen LogP contribution in [0.25, 0.3) is 0 Å². The van der Waals surface area contributed by atoms with Crippen LogP contribution in [-0.2, 0) is 17.8 Å². The molecule has 0 aliphatic rings. The SMILES string of the molecule is O=C(Cc1ccccc1[N+](=O)[O-])N(CCO)Cc1cccnc1. The second-order valence-electron chi connectivity index (χ2n) is 4.96. The lowest BCUT2D eigenvalue weighted by molar-refractivity contribution is -0.385. The van der Waals surface area contributed by atoms with E-state index in [1.54, 1.807) is 36.7 Å². The minimum atomic E-state index is -0.500. The van der Waals surface area contributed by atoms with Gasteiger partial charge in [0.25, 0.3) is 5.69 Å². The molecule has 2 aromatic rings. The Kier molecular flexibility index (Phi) is 5.76. The summed E-state index contributed by atoms with van der Waals surface area (Å²) in [7, 11) is 0. The summed E-state index contributed by atoms with van der Waals surface area (Å²) in [6.07, 6.45) is 3.19. The summed E-state index contributed by atoms with van der Waals surface area (Å²) < 4.78 is 0. The number of benzene rings is 1. The molecule has 0 bridgehead atoms. The Bertz CT molecular complexity index is 676. The molecule has 0 fully saturated rings. The van der Waals surface area contributed by atoms with Gasteiger partial charge in [0, 0.05) is 37.1 Å². The molecule has 2 rings (SSSR count). The summed E-state index contributed by atoms with van der Waals surface area (Å²) in [5.74, 6) is -0.280. The summed E-state index contributed by atoms with van der Waals surface area (Å²) in [6, 6.07) is 9.76. The van der Waals surface area contributed by atoms with Crippen molar-refractivity contribution in [1.82, 2.24) is 9.88 Å². The van der Waals surface area contributed by atoms with E-state index in [9.17, 15) is 14.9 Å². The minimum Gasteiger partial charge on any atom is -0.395 e. The van der Waals surface area contributed by atoms with Crippen LogP contribution >= 0.6 is 0 Å². The maximum absolute atomic E-state index is 12.5. The number of aliphatic hydroxyl groups is 1. The number of nitro groups is 1. The third-order valence-electron chi connectivity index (χ3n) is 3.35. The summed E-state index contributed by atoms with van der Waals surface area (Å²) >= 11 is 0. The average molecular weight is 315 g/mol. The largest absolute Gasteiger partial charge is 0.395 e. The van der Waals surface area contributed by atoms with E-state index in [-0.39, 0.29) is 31.2 Å². The summed E-state index contributed by atoms with van der Waals surface area (Å²) in [4.78, 5) is 28.4. The highest BCUT2D eigenvalue weighted by Gasteiger charge is 2.19. The number of rotatable bonds is 7. The van der Waals surface area contributed by atoms with E-state index in [2.05, 4.69) is 4.98 Å². The molecule has 1 heterocycles. The minimum absolute atomic E-state index is 0.0776. The molecular weight excluding hydrogens is 298 g/mol. The number of amides is 1. The van der Waals surface area contributed by atoms with Crippen LogP contribution in [-0.4, -0.2) is 39.0 Å². The molecule has 0 unspecified atom stereocenters. The monoisotopic (exact) mass is 315 g/mol. The van der Waals surface area contributed by atoms with E-state index in [1.165, 1.54) is 11.0 Å². The highest BCUT2D eigenvalue weighted by Crippen LogP contribution is 2.19. The topological polar surface area (TPSA) is 96.6 Å². The molecule has 1 aromatic carbocycles. The van der Waals surface area contributed by atoms with Gasteiger partial charge < -0.3 is 10.0 Å². The number of hydrogen-bond acceptors (Lipinski definition) is 5. The van der Waals surface area contributed by atoms with E-state index >= 15 is 0 Å². The van der Waals surface area contributed by atoms with E-state index in [0.29, 0.717) is 12.1 Å². The molecular formula is C16H17N3O4. The molecule has 0 atom stereocenters. The predicted octanol–water partition coefficient (Wildman–Crippen LogP) is 1.55. The van der Waals surface area contributed by atoms with Crippen LogP contribution in [0.5, 0.6) is 0 Å². The van der Waals surface area contributed by atoms with Crippen molar-refractivity contribution in [3.8, 4) is 0 Å². The molecule has 0 saturated heterocycles. The fourth-order valence-corrected chi connectivity index (χ4v) is 2.24. The van der Waals surface area contributed by atoms with E-state index in [0.717, 1.165) is 5.56 Å². The molecule has 0 aliphatic heterocycles. The van der Waals surface area contributed by atoms with Crippen molar-refractivity contribution >= 4 is 11.6 Å². The Labute approximate surface area is 133 Å². The number of pyridine rings is 1. The maximum Gasteiger partial charge on any atom is 0.273 e. The normalized spacial score (nSPS) is 10.3. The smallest absolute Gasteiger partial charge is 0.273 e. The van der Waals surface area contributed by atoms with Crippen LogP contribution in [0.2, 0.25) is 0 Å². The van der Waals surface area contributed by atoms with Crippen molar-refractivity contribution in [3.05, 3.63) is 70.0 Å². The fourth-order valence-electron chi connectivity index (χ4n) is 2.24. The van der Waals surface area contributed by atoms with Crippen LogP contribution in [0.4, 0.5) is 5.69 Å². The number of aromatic nitrogens is 1. The van der Waals surface area contributed by atoms with Gasteiger partial charge in [-0.25, -0.2) is 0 Å². The molecule has 0 radical (unpaired) electrons. The molecule has 7 heteroatoms. The van der Waals surface area contributed by atoms with Crippen molar-refractivity contribution in [1.29, 1.82) is 0 Å². The lowest BCUT2D eigenvalue weighted by Gasteiger charge is -2.21. The zero-order valence-electron chi connectivity index (χ0n) is 12.5. The Morgan fingerprint density at radius 3 is 2.70 bits per heavy atom. The van der Waals surface area contributed by atoms with Crippen molar-refractivity contribution in [2.45, 2.75) is 13.0 Å². The number of aliphatic hydroxyl groups excluding tert-OH is 1. The predicted molar refractivity (Wildman–Crippen MR) is 83.5 cm³/mol. The van der Waals surface area contributed by atoms with Crippen LogP contribution in [0.15, 0.2) is 48.8 Å². The number of hydrogen-bond donors (Lipinski definition) is 1. The van der Waals surface area contributed by atoms with Crippen molar-refractivity contribution in [2.75, 3.05) is 13.2 Å². The zero-order chi connectivity index (χ0) is 16.7. The molecule has 0 aliphatic carbocycles. The molecule has 0 saturated carbocycles. The Morgan fingerprint density at radius 2 is 2.04 bits per heavy atom. The summed E-state index contributed by atoms with van der Waals surface area (Å²) in [6.45, 7) is 0.283. The number of para-hydroxylation sites is 1. The quantitative estimate of drug-likeness (QED) is 0.617. The van der Waals surface area contributed by atoms with Gasteiger partial charge in [0.15, 0.2) is 0 Å². The second kappa shape index (κ2) is 8.00. The van der Waals surface area contributed by atoms with Gasteiger partial charge in [0.05, 0.1) is 18.0 Å². The third kappa shape index (κ3) is 4.58. The van der Waals surface area contributed by atoms with E-state index in [1.807, 2.05) is 6.07 Å². The Hall–Kier alpha value is -2.80. The van der Waals surface area contributed by atoms with Gasteiger partial charge >= 0.3 is 0 Å². The molecule has 1 amide bonds. The lowest BCUT2D eigenvalue weighted by atomic mass is 10.1. The second-order valence-corrected chi connectivity index (χ2v) is 4.96. The van der Waals surface area contributed by atoms with Gasteiger partial charge in [0.2, 0.25) is 5.91 Å². The molecule has 1 aromatic heterocycles. The lowest BCUT2D eigenvalue weighted by Crippen LogP contribution is -2.34. The van der Waals surface area contributed by atoms with Crippen LogP contribution < -0.4 is 0 Å². The highest BCUT2D eigenvalue weighted by atomic mass is 16.6. The van der Waals surface area contributed by atoms with E-state index in [4.69, 9.17) is 5.11 Å². The average Bonchev–Trinajstić information content (AvgIpc) is 2.55. The third-order valence-corrected chi connectivity index (χ3v) is 3.35. The van der Waals surface area contributed by atoms with Crippen molar-refractivity contribution < 1.29 is 14.8 Å². The van der Waals surface area contributed by atoms with Crippen LogP contribution in [0.1, 0.15) is 11.1 Å². The first kappa shape index (κ1) is 16.6. The molecule has 0 spiro atoms.